The maximum atomic E-state index is 12.4. The quantitative estimate of drug-likeness (QED) is 0.369. The molecule has 2 N–H and O–H groups in total. The second-order valence-corrected chi connectivity index (χ2v) is 4.73. The van der Waals surface area contributed by atoms with Crippen LogP contribution in [0, 0.1) is 0 Å². The van der Waals surface area contributed by atoms with E-state index >= 15 is 0 Å². The van der Waals surface area contributed by atoms with Crippen LogP contribution in [0.25, 0.3) is 0 Å². The minimum absolute atomic E-state index is 0. The average molecular weight is 442 g/mol. The van der Waals surface area contributed by atoms with Gasteiger partial charge in [0, 0.05) is 32.2 Å². The summed E-state index contributed by atoms with van der Waals surface area (Å²) >= 11 is 0. The van der Waals surface area contributed by atoms with Gasteiger partial charge in [0.25, 0.3) is 0 Å². The third kappa shape index (κ3) is 8.89. The van der Waals surface area contributed by atoms with Crippen LogP contribution in [-0.2, 0) is 6.54 Å². The monoisotopic (exact) mass is 442 g/mol. The molecular formula is C15H25F2IN4O. The van der Waals surface area contributed by atoms with E-state index in [0.717, 1.165) is 19.6 Å². The molecule has 0 aliphatic heterocycles. The Labute approximate surface area is 153 Å². The number of aliphatic imine (C=N–C) groups is 1. The van der Waals surface area contributed by atoms with Gasteiger partial charge in [0.05, 0.1) is 0 Å². The summed E-state index contributed by atoms with van der Waals surface area (Å²) in [6.07, 6.45) is 0. The van der Waals surface area contributed by atoms with Crippen LogP contribution in [0.5, 0.6) is 5.75 Å². The molecule has 0 aliphatic carbocycles. The summed E-state index contributed by atoms with van der Waals surface area (Å²) in [7, 11) is 3.70. The second kappa shape index (κ2) is 12.3. The maximum absolute atomic E-state index is 12.4. The first-order valence-corrected chi connectivity index (χ1v) is 7.22. The summed E-state index contributed by atoms with van der Waals surface area (Å²) in [5.74, 6) is 0.794. The number of rotatable bonds is 8. The standard InChI is InChI=1S/C15H24F2N4O.HI/c1-4-21(3)10-9-19-15(18-2)20-11-12-7-5-6-8-13(12)22-14(16)17;/h5-8,14H,4,9-11H2,1-3H3,(H2,18,19,20);1H. The van der Waals surface area contributed by atoms with Crippen molar-refractivity contribution in [2.45, 2.75) is 20.1 Å². The number of hydrogen-bond acceptors (Lipinski definition) is 3. The zero-order valence-electron chi connectivity index (χ0n) is 13.7. The summed E-state index contributed by atoms with van der Waals surface area (Å²) in [6, 6.07) is 6.70. The topological polar surface area (TPSA) is 48.9 Å². The van der Waals surface area contributed by atoms with Gasteiger partial charge in [-0.1, -0.05) is 25.1 Å². The van der Waals surface area contributed by atoms with Crippen LogP contribution in [-0.4, -0.2) is 51.2 Å². The largest absolute Gasteiger partial charge is 0.434 e. The molecule has 0 heterocycles. The lowest BCUT2D eigenvalue weighted by molar-refractivity contribution is -0.0504. The number of halogens is 3. The van der Waals surface area contributed by atoms with E-state index in [2.05, 4.69) is 32.2 Å². The van der Waals surface area contributed by atoms with Crippen LogP contribution in [0.2, 0.25) is 0 Å². The molecule has 0 unspecified atom stereocenters. The van der Waals surface area contributed by atoms with Crippen LogP contribution in [0.15, 0.2) is 29.3 Å². The molecule has 0 aromatic heterocycles. The lowest BCUT2D eigenvalue weighted by Crippen LogP contribution is -2.40. The molecule has 0 saturated carbocycles. The minimum Gasteiger partial charge on any atom is -0.434 e. The zero-order chi connectivity index (χ0) is 16.4. The van der Waals surface area contributed by atoms with Gasteiger partial charge in [0.2, 0.25) is 0 Å². The fourth-order valence-corrected chi connectivity index (χ4v) is 1.78. The van der Waals surface area contributed by atoms with Crippen molar-refractivity contribution >= 4 is 29.9 Å². The first-order valence-electron chi connectivity index (χ1n) is 7.22. The van der Waals surface area contributed by atoms with E-state index in [9.17, 15) is 8.78 Å². The van der Waals surface area contributed by atoms with Crippen molar-refractivity contribution < 1.29 is 13.5 Å². The number of para-hydroxylation sites is 1. The van der Waals surface area contributed by atoms with Crippen LogP contribution < -0.4 is 15.4 Å². The van der Waals surface area contributed by atoms with Crippen molar-refractivity contribution in [1.29, 1.82) is 0 Å². The fourth-order valence-electron chi connectivity index (χ4n) is 1.78. The summed E-state index contributed by atoms with van der Waals surface area (Å²) in [6.45, 7) is 2.23. The van der Waals surface area contributed by atoms with Gasteiger partial charge in [0.1, 0.15) is 5.75 Å². The zero-order valence-corrected chi connectivity index (χ0v) is 16.0. The third-order valence-corrected chi connectivity index (χ3v) is 3.18. The second-order valence-electron chi connectivity index (χ2n) is 4.73. The molecule has 23 heavy (non-hydrogen) atoms. The van der Waals surface area contributed by atoms with E-state index in [1.807, 2.05) is 7.05 Å². The summed E-state index contributed by atoms with van der Waals surface area (Å²) in [4.78, 5) is 6.28. The molecule has 0 saturated heterocycles. The Hall–Kier alpha value is -1.16. The Kier molecular flexibility index (Phi) is 11.7. The highest BCUT2D eigenvalue weighted by molar-refractivity contribution is 14.0. The molecule has 0 spiro atoms. The fraction of sp³-hybridized carbons (Fsp3) is 0.533. The number of nitrogens with one attached hydrogen (secondary N) is 2. The van der Waals surface area contributed by atoms with Crippen molar-refractivity contribution in [2.75, 3.05) is 33.7 Å². The van der Waals surface area contributed by atoms with Crippen molar-refractivity contribution in [3.05, 3.63) is 29.8 Å². The van der Waals surface area contributed by atoms with Crippen LogP contribution in [0.3, 0.4) is 0 Å². The van der Waals surface area contributed by atoms with Gasteiger partial charge in [-0.05, 0) is 19.7 Å². The number of alkyl halides is 2. The number of benzene rings is 1. The molecule has 0 fully saturated rings. The molecule has 1 rings (SSSR count). The molecule has 0 bridgehead atoms. The van der Waals surface area contributed by atoms with Crippen molar-refractivity contribution in [1.82, 2.24) is 15.5 Å². The highest BCUT2D eigenvalue weighted by atomic mass is 127. The van der Waals surface area contributed by atoms with Crippen molar-refractivity contribution in [2.24, 2.45) is 4.99 Å². The van der Waals surface area contributed by atoms with Gasteiger partial charge in [-0.3, -0.25) is 4.99 Å². The van der Waals surface area contributed by atoms with E-state index < -0.39 is 6.61 Å². The molecule has 132 valence electrons. The number of likely N-dealkylation sites (N-methyl/N-ethyl adjacent to an activating group) is 1. The van der Waals surface area contributed by atoms with Crippen LogP contribution in [0.1, 0.15) is 12.5 Å². The lowest BCUT2D eigenvalue weighted by Gasteiger charge is -2.17. The number of hydrogen-bond donors (Lipinski definition) is 2. The Morgan fingerprint density at radius 1 is 1.30 bits per heavy atom. The predicted octanol–water partition coefficient (Wildman–Crippen LogP) is 2.52. The average Bonchev–Trinajstić information content (AvgIpc) is 2.51. The summed E-state index contributed by atoms with van der Waals surface area (Å²) in [5, 5.41) is 6.26. The predicted molar refractivity (Wildman–Crippen MR) is 99.9 cm³/mol. The van der Waals surface area contributed by atoms with E-state index in [1.165, 1.54) is 6.07 Å². The van der Waals surface area contributed by atoms with Gasteiger partial charge in [0.15, 0.2) is 5.96 Å². The van der Waals surface area contributed by atoms with Crippen molar-refractivity contribution in [3.63, 3.8) is 0 Å². The maximum Gasteiger partial charge on any atom is 0.387 e. The van der Waals surface area contributed by atoms with E-state index in [-0.39, 0.29) is 29.7 Å². The van der Waals surface area contributed by atoms with E-state index in [4.69, 9.17) is 0 Å². The molecular weight excluding hydrogens is 417 g/mol. The first-order chi connectivity index (χ1) is 10.6. The summed E-state index contributed by atoms with van der Waals surface area (Å²) in [5.41, 5.74) is 0.649. The van der Waals surface area contributed by atoms with Crippen molar-refractivity contribution in [3.8, 4) is 5.75 Å². The Bertz CT molecular complexity index is 475. The minimum atomic E-state index is -2.83. The number of guanidine groups is 1. The van der Waals surface area contributed by atoms with Crippen LogP contribution in [0.4, 0.5) is 8.78 Å². The molecule has 5 nitrogen and oxygen atoms in total. The Morgan fingerprint density at radius 2 is 2.00 bits per heavy atom. The van der Waals surface area contributed by atoms with Gasteiger partial charge in [-0.25, -0.2) is 0 Å². The molecule has 1 aromatic rings. The third-order valence-electron chi connectivity index (χ3n) is 3.18. The Morgan fingerprint density at radius 3 is 2.61 bits per heavy atom. The lowest BCUT2D eigenvalue weighted by atomic mass is 10.2. The van der Waals surface area contributed by atoms with Gasteiger partial charge in [-0.2, -0.15) is 8.78 Å². The van der Waals surface area contributed by atoms with E-state index in [1.54, 1.807) is 25.2 Å². The molecule has 0 radical (unpaired) electrons. The molecule has 0 atom stereocenters. The molecule has 0 amide bonds. The SMILES string of the molecule is CCN(C)CCNC(=NC)NCc1ccccc1OC(F)F.I. The molecule has 0 aliphatic rings. The summed E-state index contributed by atoms with van der Waals surface area (Å²) < 4.78 is 29.2. The highest BCUT2D eigenvalue weighted by Gasteiger charge is 2.09. The number of nitrogens with zero attached hydrogens (tertiary/aromatic N) is 2. The number of ether oxygens (including phenoxy) is 1. The highest BCUT2D eigenvalue weighted by Crippen LogP contribution is 2.19. The first kappa shape index (κ1) is 21.8. The van der Waals surface area contributed by atoms with Crippen LogP contribution >= 0.6 is 24.0 Å². The molecule has 8 heteroatoms. The van der Waals surface area contributed by atoms with E-state index in [0.29, 0.717) is 18.1 Å². The molecule has 1 aromatic carbocycles. The van der Waals surface area contributed by atoms with Gasteiger partial charge >= 0.3 is 6.61 Å². The Balaban J connectivity index is 0.00000484. The normalized spacial score (nSPS) is 11.3. The smallest absolute Gasteiger partial charge is 0.387 e. The van der Waals surface area contributed by atoms with Gasteiger partial charge < -0.3 is 20.3 Å². The van der Waals surface area contributed by atoms with Gasteiger partial charge in [-0.15, -0.1) is 24.0 Å².